The molecule has 1 atom stereocenters. The van der Waals surface area contributed by atoms with Crippen molar-refractivity contribution in [2.45, 2.75) is 51.7 Å². The molecule has 0 aliphatic heterocycles. The number of hydrogen-bond acceptors (Lipinski definition) is 4. The highest BCUT2D eigenvalue weighted by Gasteiger charge is 2.26. The van der Waals surface area contributed by atoms with E-state index in [4.69, 9.17) is 10.5 Å². The number of amides is 1. The summed E-state index contributed by atoms with van der Waals surface area (Å²) in [5.41, 5.74) is 5.42. The van der Waals surface area contributed by atoms with Gasteiger partial charge in [-0.3, -0.25) is 4.79 Å². The van der Waals surface area contributed by atoms with Crippen LogP contribution in [0, 0.1) is 0 Å². The zero-order valence-electron chi connectivity index (χ0n) is 13.6. The molecule has 0 aromatic heterocycles. The van der Waals surface area contributed by atoms with Crippen molar-refractivity contribution in [3.8, 4) is 0 Å². The van der Waals surface area contributed by atoms with Crippen molar-refractivity contribution in [1.29, 1.82) is 0 Å². The number of ether oxygens (including phenoxy) is 1. The van der Waals surface area contributed by atoms with E-state index >= 15 is 0 Å². The lowest BCUT2D eigenvalue weighted by atomic mass is 10.1. The van der Waals surface area contributed by atoms with Crippen molar-refractivity contribution < 1.29 is 14.3 Å². The van der Waals surface area contributed by atoms with Crippen molar-refractivity contribution in [3.63, 3.8) is 0 Å². The number of benzene rings is 1. The van der Waals surface area contributed by atoms with Gasteiger partial charge in [-0.25, -0.2) is 4.79 Å². The molecular weight excluding hydrogens is 280 g/mol. The molecule has 1 rings (SSSR count). The fourth-order valence-corrected chi connectivity index (χ4v) is 1.95. The average molecular weight is 306 g/mol. The van der Waals surface area contributed by atoms with Crippen LogP contribution in [0.2, 0.25) is 0 Å². The third-order valence-corrected chi connectivity index (χ3v) is 2.98. The van der Waals surface area contributed by atoms with Crippen LogP contribution < -0.4 is 11.1 Å². The second-order valence-electron chi connectivity index (χ2n) is 6.21. The van der Waals surface area contributed by atoms with Gasteiger partial charge in [0.15, 0.2) is 0 Å². The number of rotatable bonds is 7. The molecule has 1 aromatic carbocycles. The highest BCUT2D eigenvalue weighted by atomic mass is 16.6. The molecule has 0 heterocycles. The zero-order valence-corrected chi connectivity index (χ0v) is 13.6. The van der Waals surface area contributed by atoms with Crippen LogP contribution >= 0.6 is 0 Å². The first kappa shape index (κ1) is 18.2. The molecule has 0 fully saturated rings. The molecule has 0 radical (unpaired) electrons. The Morgan fingerprint density at radius 2 is 1.82 bits per heavy atom. The number of nitrogens with two attached hydrogens (primary N) is 1. The monoisotopic (exact) mass is 306 g/mol. The van der Waals surface area contributed by atoms with Gasteiger partial charge in [0, 0.05) is 5.56 Å². The summed E-state index contributed by atoms with van der Waals surface area (Å²) in [5.74, 6) is -0.682. The third kappa shape index (κ3) is 6.72. The highest BCUT2D eigenvalue weighted by Crippen LogP contribution is 2.12. The molecule has 3 N–H and O–H groups in total. The Labute approximate surface area is 132 Å². The van der Waals surface area contributed by atoms with Gasteiger partial charge in [0.2, 0.25) is 0 Å². The molecule has 1 aromatic rings. The minimum atomic E-state index is -0.654. The summed E-state index contributed by atoms with van der Waals surface area (Å²) in [6.45, 7) is 5.98. The Morgan fingerprint density at radius 1 is 1.18 bits per heavy atom. The predicted molar refractivity (Wildman–Crippen MR) is 86.4 cm³/mol. The molecule has 0 saturated heterocycles. The fraction of sp³-hybridized carbons (Fsp3) is 0.529. The maximum Gasteiger partial charge on any atom is 0.329 e. The van der Waals surface area contributed by atoms with Gasteiger partial charge in [0.05, 0.1) is 0 Å². The summed E-state index contributed by atoms with van der Waals surface area (Å²) >= 11 is 0. The van der Waals surface area contributed by atoms with Crippen molar-refractivity contribution in [2.24, 2.45) is 5.73 Å². The zero-order chi connectivity index (χ0) is 16.6. The minimum Gasteiger partial charge on any atom is -0.458 e. The Kier molecular flexibility index (Phi) is 7.05. The first-order chi connectivity index (χ1) is 10.3. The maximum absolute atomic E-state index is 12.3. The standard InChI is InChI=1S/C17H26N2O3/c1-17(2,3)22-16(21)14(11-7-8-12-18)19-15(20)13-9-5-4-6-10-13/h4-6,9-10,14H,7-8,11-12,18H2,1-3H3,(H,19,20)/t14-/m0/s1. The van der Waals surface area contributed by atoms with E-state index in [1.54, 1.807) is 45.0 Å². The first-order valence-electron chi connectivity index (χ1n) is 7.62. The van der Waals surface area contributed by atoms with Crippen LogP contribution in [0.4, 0.5) is 0 Å². The third-order valence-electron chi connectivity index (χ3n) is 2.98. The molecular formula is C17H26N2O3. The normalized spacial score (nSPS) is 12.5. The lowest BCUT2D eigenvalue weighted by Crippen LogP contribution is -2.44. The van der Waals surface area contributed by atoms with E-state index < -0.39 is 17.6 Å². The molecule has 1 amide bonds. The van der Waals surface area contributed by atoms with Gasteiger partial charge in [-0.05, 0) is 58.7 Å². The summed E-state index contributed by atoms with van der Waals surface area (Å²) in [6, 6.07) is 8.17. The quantitative estimate of drug-likeness (QED) is 0.598. The van der Waals surface area contributed by atoms with Crippen molar-refractivity contribution in [1.82, 2.24) is 5.32 Å². The fourth-order valence-electron chi connectivity index (χ4n) is 1.95. The lowest BCUT2D eigenvalue weighted by Gasteiger charge is -2.24. The van der Waals surface area contributed by atoms with Gasteiger partial charge in [-0.2, -0.15) is 0 Å². The summed E-state index contributed by atoms with van der Waals surface area (Å²) in [7, 11) is 0. The van der Waals surface area contributed by atoms with Gasteiger partial charge in [-0.1, -0.05) is 18.2 Å². The molecule has 122 valence electrons. The van der Waals surface area contributed by atoms with E-state index in [9.17, 15) is 9.59 Å². The number of hydrogen-bond donors (Lipinski definition) is 2. The van der Waals surface area contributed by atoms with E-state index in [1.165, 1.54) is 0 Å². The van der Waals surface area contributed by atoms with E-state index in [2.05, 4.69) is 5.32 Å². The van der Waals surface area contributed by atoms with Crippen LogP contribution in [-0.4, -0.2) is 30.1 Å². The van der Waals surface area contributed by atoms with E-state index in [0.717, 1.165) is 12.8 Å². The molecule has 0 aliphatic carbocycles. The van der Waals surface area contributed by atoms with Crippen molar-refractivity contribution in [3.05, 3.63) is 35.9 Å². The van der Waals surface area contributed by atoms with Crippen molar-refractivity contribution in [2.75, 3.05) is 6.54 Å². The number of carbonyl (C=O) groups excluding carboxylic acids is 2. The lowest BCUT2D eigenvalue weighted by molar-refractivity contribution is -0.157. The Hall–Kier alpha value is -1.88. The van der Waals surface area contributed by atoms with Gasteiger partial charge < -0.3 is 15.8 Å². The second kappa shape index (κ2) is 8.54. The Bertz CT molecular complexity index is 480. The van der Waals surface area contributed by atoms with Gasteiger partial charge >= 0.3 is 5.97 Å². The smallest absolute Gasteiger partial charge is 0.329 e. The van der Waals surface area contributed by atoms with Crippen LogP contribution in [0.15, 0.2) is 30.3 Å². The molecule has 0 unspecified atom stereocenters. The molecule has 0 bridgehead atoms. The molecule has 5 heteroatoms. The van der Waals surface area contributed by atoms with E-state index in [0.29, 0.717) is 18.5 Å². The van der Waals surface area contributed by atoms with E-state index in [-0.39, 0.29) is 5.91 Å². The topological polar surface area (TPSA) is 81.4 Å². The van der Waals surface area contributed by atoms with Crippen LogP contribution in [0.5, 0.6) is 0 Å². The number of nitrogens with one attached hydrogen (secondary N) is 1. The van der Waals surface area contributed by atoms with Crippen LogP contribution in [0.25, 0.3) is 0 Å². The molecule has 0 saturated carbocycles. The summed E-state index contributed by atoms with van der Waals surface area (Å²) in [4.78, 5) is 24.5. The molecule has 0 aliphatic rings. The van der Waals surface area contributed by atoms with Crippen LogP contribution in [-0.2, 0) is 9.53 Å². The Balaban J connectivity index is 2.72. The predicted octanol–water partition coefficient (Wildman–Crippen LogP) is 2.26. The number of carbonyl (C=O) groups is 2. The summed E-state index contributed by atoms with van der Waals surface area (Å²) in [6.07, 6.45) is 2.08. The largest absolute Gasteiger partial charge is 0.458 e. The number of unbranched alkanes of at least 4 members (excludes halogenated alkanes) is 1. The van der Waals surface area contributed by atoms with Crippen molar-refractivity contribution >= 4 is 11.9 Å². The van der Waals surface area contributed by atoms with E-state index in [1.807, 2.05) is 6.07 Å². The SMILES string of the molecule is CC(C)(C)OC(=O)[C@H](CCCCN)NC(=O)c1ccccc1. The number of esters is 1. The average Bonchev–Trinajstić information content (AvgIpc) is 2.45. The highest BCUT2D eigenvalue weighted by molar-refractivity contribution is 5.96. The van der Waals surface area contributed by atoms with Gasteiger partial charge in [0.1, 0.15) is 11.6 Å². The molecule has 22 heavy (non-hydrogen) atoms. The molecule has 5 nitrogen and oxygen atoms in total. The minimum absolute atomic E-state index is 0.274. The van der Waals surface area contributed by atoms with Crippen LogP contribution in [0.3, 0.4) is 0 Å². The summed E-state index contributed by atoms with van der Waals surface area (Å²) < 4.78 is 5.38. The molecule has 0 spiro atoms. The van der Waals surface area contributed by atoms with Crippen LogP contribution in [0.1, 0.15) is 50.4 Å². The Morgan fingerprint density at radius 3 is 2.36 bits per heavy atom. The van der Waals surface area contributed by atoms with Gasteiger partial charge in [-0.15, -0.1) is 0 Å². The second-order valence-corrected chi connectivity index (χ2v) is 6.21. The summed E-state index contributed by atoms with van der Waals surface area (Å²) in [5, 5.41) is 2.76. The maximum atomic E-state index is 12.3. The van der Waals surface area contributed by atoms with Gasteiger partial charge in [0.25, 0.3) is 5.91 Å². The first-order valence-corrected chi connectivity index (χ1v) is 7.62.